The molecule has 1 N–H and O–H groups in total. The number of furan rings is 1. The van der Waals surface area contributed by atoms with Crippen LogP contribution in [0.15, 0.2) is 15.2 Å². The predicted octanol–water partition coefficient (Wildman–Crippen LogP) is 1.79. The zero-order chi connectivity index (χ0) is 10.8. The van der Waals surface area contributed by atoms with Gasteiger partial charge in [0.2, 0.25) is 0 Å². The summed E-state index contributed by atoms with van der Waals surface area (Å²) in [5.41, 5.74) is 1.10. The number of rotatable bonds is 2. The van der Waals surface area contributed by atoms with Gasteiger partial charge in [0, 0.05) is 18.0 Å². The van der Waals surface area contributed by atoms with Gasteiger partial charge in [-0.2, -0.15) is 0 Å². The number of carbonyl (C=O) groups excluding carboxylic acids is 1. The topological polar surface area (TPSA) is 51.5 Å². The molecule has 1 atom stereocenters. The molecule has 0 saturated heterocycles. The number of hydrogen-bond donors (Lipinski definition) is 1. The maximum atomic E-state index is 11.2. The quantitative estimate of drug-likeness (QED) is 0.835. The Hall–Kier alpha value is -0.810. The molecule has 1 aromatic rings. The SMILES string of the molecule is COC(=O)CC1CNCc2oc(Br)cc21. The van der Waals surface area contributed by atoms with Gasteiger partial charge in [0.1, 0.15) is 5.76 Å². The second-order valence-corrected chi connectivity index (χ2v) is 4.32. The lowest BCUT2D eigenvalue weighted by atomic mass is 9.93. The van der Waals surface area contributed by atoms with E-state index >= 15 is 0 Å². The van der Waals surface area contributed by atoms with Crippen molar-refractivity contribution in [3.05, 3.63) is 22.1 Å². The van der Waals surface area contributed by atoms with Crippen molar-refractivity contribution in [1.82, 2.24) is 5.32 Å². The molecule has 0 spiro atoms. The largest absolute Gasteiger partial charge is 0.469 e. The summed E-state index contributed by atoms with van der Waals surface area (Å²) in [4.78, 5) is 11.2. The third-order valence-electron chi connectivity index (χ3n) is 2.57. The third kappa shape index (κ3) is 2.23. The minimum atomic E-state index is -0.188. The fourth-order valence-corrected chi connectivity index (χ4v) is 2.27. The van der Waals surface area contributed by atoms with Gasteiger partial charge in [0.25, 0.3) is 0 Å². The molecule has 0 aliphatic carbocycles. The molecular formula is C10H12BrNO3. The lowest BCUT2D eigenvalue weighted by Gasteiger charge is -2.21. The normalized spacial score (nSPS) is 19.7. The predicted molar refractivity (Wildman–Crippen MR) is 57.5 cm³/mol. The van der Waals surface area contributed by atoms with Gasteiger partial charge >= 0.3 is 5.97 Å². The minimum Gasteiger partial charge on any atom is -0.469 e. The molecule has 15 heavy (non-hydrogen) atoms. The molecule has 1 aliphatic heterocycles. The molecule has 0 bridgehead atoms. The number of ether oxygens (including phenoxy) is 1. The Kier molecular flexibility index (Phi) is 3.11. The highest BCUT2D eigenvalue weighted by Gasteiger charge is 2.25. The molecule has 0 radical (unpaired) electrons. The number of halogens is 1. The van der Waals surface area contributed by atoms with Crippen LogP contribution in [0.1, 0.15) is 23.7 Å². The summed E-state index contributed by atoms with van der Waals surface area (Å²) in [7, 11) is 1.41. The highest BCUT2D eigenvalue weighted by Crippen LogP contribution is 2.31. The standard InChI is InChI=1S/C10H12BrNO3/c1-14-10(13)2-6-4-12-5-8-7(6)3-9(11)15-8/h3,6,12H,2,4-5H2,1H3. The van der Waals surface area contributed by atoms with Gasteiger partial charge in [-0.3, -0.25) is 4.79 Å². The van der Waals surface area contributed by atoms with Gasteiger partial charge < -0.3 is 14.5 Å². The monoisotopic (exact) mass is 273 g/mol. The Labute approximate surface area is 96.1 Å². The third-order valence-corrected chi connectivity index (χ3v) is 2.96. The summed E-state index contributed by atoms with van der Waals surface area (Å²) in [5.74, 6) is 0.866. The van der Waals surface area contributed by atoms with Crippen LogP contribution in [-0.4, -0.2) is 19.6 Å². The molecule has 82 valence electrons. The fraction of sp³-hybridized carbons (Fsp3) is 0.500. The van der Waals surface area contributed by atoms with Crippen LogP contribution in [-0.2, 0) is 16.1 Å². The first kappa shape index (κ1) is 10.7. The van der Waals surface area contributed by atoms with Crippen LogP contribution in [0.25, 0.3) is 0 Å². The van der Waals surface area contributed by atoms with E-state index in [-0.39, 0.29) is 11.9 Å². The Morgan fingerprint density at radius 3 is 3.33 bits per heavy atom. The van der Waals surface area contributed by atoms with E-state index in [0.29, 0.717) is 11.1 Å². The van der Waals surface area contributed by atoms with E-state index in [2.05, 4.69) is 26.0 Å². The number of methoxy groups -OCH3 is 1. The molecule has 0 saturated carbocycles. The average molecular weight is 274 g/mol. The second-order valence-electron chi connectivity index (χ2n) is 3.54. The van der Waals surface area contributed by atoms with E-state index in [1.807, 2.05) is 6.07 Å². The van der Waals surface area contributed by atoms with Crippen molar-refractivity contribution in [1.29, 1.82) is 0 Å². The molecule has 0 fully saturated rings. The van der Waals surface area contributed by atoms with E-state index in [4.69, 9.17) is 4.42 Å². The van der Waals surface area contributed by atoms with Gasteiger partial charge in [0.15, 0.2) is 4.67 Å². The molecule has 2 rings (SSSR count). The Bertz CT molecular complexity index is 375. The molecule has 4 nitrogen and oxygen atoms in total. The molecule has 0 amide bonds. The van der Waals surface area contributed by atoms with Gasteiger partial charge in [-0.1, -0.05) is 0 Å². The van der Waals surface area contributed by atoms with Crippen LogP contribution in [0.5, 0.6) is 0 Å². The lowest BCUT2D eigenvalue weighted by molar-refractivity contribution is -0.141. The average Bonchev–Trinajstić information content (AvgIpc) is 2.59. The summed E-state index contributed by atoms with van der Waals surface area (Å²) in [6, 6.07) is 1.93. The first-order valence-electron chi connectivity index (χ1n) is 4.76. The minimum absolute atomic E-state index is 0.149. The van der Waals surface area contributed by atoms with Crippen molar-refractivity contribution >= 4 is 21.9 Å². The Morgan fingerprint density at radius 1 is 1.80 bits per heavy atom. The van der Waals surface area contributed by atoms with Crippen molar-refractivity contribution in [3.63, 3.8) is 0 Å². The molecule has 1 aromatic heterocycles. The number of carbonyl (C=O) groups is 1. The van der Waals surface area contributed by atoms with Crippen LogP contribution in [0, 0.1) is 0 Å². The smallest absolute Gasteiger partial charge is 0.306 e. The molecule has 1 aliphatic rings. The van der Waals surface area contributed by atoms with Gasteiger partial charge in [0.05, 0.1) is 20.1 Å². The maximum absolute atomic E-state index is 11.2. The summed E-state index contributed by atoms with van der Waals surface area (Å²) in [6.45, 7) is 1.51. The van der Waals surface area contributed by atoms with Crippen molar-refractivity contribution in [3.8, 4) is 0 Å². The zero-order valence-electron chi connectivity index (χ0n) is 8.38. The van der Waals surface area contributed by atoms with E-state index in [1.54, 1.807) is 0 Å². The molecular weight excluding hydrogens is 262 g/mol. The lowest BCUT2D eigenvalue weighted by Crippen LogP contribution is -2.28. The van der Waals surface area contributed by atoms with Crippen LogP contribution in [0.4, 0.5) is 0 Å². The van der Waals surface area contributed by atoms with Crippen molar-refractivity contribution < 1.29 is 13.9 Å². The summed E-state index contributed by atoms with van der Waals surface area (Å²) >= 11 is 3.29. The first-order chi connectivity index (χ1) is 7.20. The molecule has 2 heterocycles. The van der Waals surface area contributed by atoms with Crippen LogP contribution >= 0.6 is 15.9 Å². The van der Waals surface area contributed by atoms with Gasteiger partial charge in [-0.15, -0.1) is 0 Å². The molecule has 5 heteroatoms. The van der Waals surface area contributed by atoms with Crippen molar-refractivity contribution in [2.45, 2.75) is 18.9 Å². The zero-order valence-corrected chi connectivity index (χ0v) is 9.96. The number of nitrogens with one attached hydrogen (secondary N) is 1. The van der Waals surface area contributed by atoms with E-state index in [0.717, 1.165) is 24.4 Å². The first-order valence-corrected chi connectivity index (χ1v) is 5.55. The van der Waals surface area contributed by atoms with Crippen molar-refractivity contribution in [2.24, 2.45) is 0 Å². The van der Waals surface area contributed by atoms with Crippen LogP contribution in [0.3, 0.4) is 0 Å². The summed E-state index contributed by atoms with van der Waals surface area (Å²) < 4.78 is 10.8. The van der Waals surface area contributed by atoms with Gasteiger partial charge in [-0.05, 0) is 22.0 Å². The Balaban J connectivity index is 2.18. The molecule has 1 unspecified atom stereocenters. The second kappa shape index (κ2) is 4.37. The van der Waals surface area contributed by atoms with Crippen LogP contribution < -0.4 is 5.32 Å². The number of fused-ring (bicyclic) bond motifs is 1. The van der Waals surface area contributed by atoms with E-state index in [9.17, 15) is 4.79 Å². The highest BCUT2D eigenvalue weighted by atomic mass is 79.9. The number of hydrogen-bond acceptors (Lipinski definition) is 4. The Morgan fingerprint density at radius 2 is 2.60 bits per heavy atom. The van der Waals surface area contributed by atoms with Gasteiger partial charge in [-0.25, -0.2) is 0 Å². The highest BCUT2D eigenvalue weighted by molar-refractivity contribution is 9.10. The summed E-state index contributed by atoms with van der Waals surface area (Å²) in [5, 5.41) is 3.21. The molecule has 0 aromatic carbocycles. The summed E-state index contributed by atoms with van der Waals surface area (Å²) in [6.07, 6.45) is 0.391. The van der Waals surface area contributed by atoms with E-state index in [1.165, 1.54) is 7.11 Å². The van der Waals surface area contributed by atoms with Crippen molar-refractivity contribution in [2.75, 3.05) is 13.7 Å². The van der Waals surface area contributed by atoms with Crippen LogP contribution in [0.2, 0.25) is 0 Å². The maximum Gasteiger partial charge on any atom is 0.306 e. The fourth-order valence-electron chi connectivity index (χ4n) is 1.83. The number of esters is 1. The van der Waals surface area contributed by atoms with E-state index < -0.39 is 0 Å².